The van der Waals surface area contributed by atoms with Gasteiger partial charge >= 0.3 is 41.7 Å². The highest BCUT2D eigenvalue weighted by molar-refractivity contribution is 5.81. The Balaban J connectivity index is 6.35. The van der Waals surface area contributed by atoms with Crippen molar-refractivity contribution in [2.75, 3.05) is 0 Å². The number of ether oxygens (including phenoxy) is 1. The highest BCUT2D eigenvalue weighted by Crippen LogP contribution is 2.60. The molecule has 1 unspecified atom stereocenters. The molecule has 0 aromatic carbocycles. The molecule has 0 bridgehead atoms. The van der Waals surface area contributed by atoms with E-state index in [-0.39, 0.29) is 6.08 Å². The molecule has 154 valence electrons. The Kier molecular flexibility index (Phi) is 6.05. The lowest BCUT2D eigenvalue weighted by atomic mass is 9.92. The van der Waals surface area contributed by atoms with E-state index in [4.69, 9.17) is 0 Å². The van der Waals surface area contributed by atoms with Crippen LogP contribution in [0.5, 0.6) is 0 Å². The largest absolute Gasteiger partial charge is 0.473 e. The molecule has 0 aliphatic heterocycles. The van der Waals surface area contributed by atoms with Crippen LogP contribution in [-0.2, 0) is 9.53 Å². The van der Waals surface area contributed by atoms with E-state index >= 15 is 0 Å². The summed E-state index contributed by atoms with van der Waals surface area (Å²) in [4.78, 5) is 10.4. The molecule has 0 aliphatic rings. The van der Waals surface area contributed by atoms with Crippen molar-refractivity contribution in [3.8, 4) is 0 Å². The second-order valence-corrected chi connectivity index (χ2v) is 4.68. The van der Waals surface area contributed by atoms with Crippen LogP contribution < -0.4 is 0 Å². The standard InChI is InChI=1S/C11H7F13O2/c1-3-5(25)26-11(23,24)10(21,22)9(19,20)8(17,18)7(15,16)6(13,14)4(2)12/h3-4H,1H2,2H3. The van der Waals surface area contributed by atoms with E-state index in [0.29, 0.717) is 0 Å². The Morgan fingerprint density at radius 2 is 1.15 bits per heavy atom. The van der Waals surface area contributed by atoms with Crippen molar-refractivity contribution in [1.82, 2.24) is 0 Å². The summed E-state index contributed by atoms with van der Waals surface area (Å²) in [6, 6.07) is 0. The van der Waals surface area contributed by atoms with Gasteiger partial charge in [0.05, 0.1) is 0 Å². The fraction of sp³-hybridized carbons (Fsp3) is 0.727. The molecule has 0 aromatic heterocycles. The highest BCUT2D eigenvalue weighted by atomic mass is 19.4. The summed E-state index contributed by atoms with van der Waals surface area (Å²) in [5, 5.41) is 0. The first-order valence-electron chi connectivity index (χ1n) is 5.91. The van der Waals surface area contributed by atoms with Gasteiger partial charge in [0, 0.05) is 6.08 Å². The number of esters is 1. The fourth-order valence-corrected chi connectivity index (χ4v) is 1.27. The van der Waals surface area contributed by atoms with E-state index in [2.05, 4.69) is 11.3 Å². The summed E-state index contributed by atoms with van der Waals surface area (Å²) in [5.41, 5.74) is 0. The van der Waals surface area contributed by atoms with Crippen molar-refractivity contribution in [2.24, 2.45) is 0 Å². The Hall–Kier alpha value is -1.70. The third kappa shape index (κ3) is 3.19. The highest BCUT2D eigenvalue weighted by Gasteiger charge is 2.91. The van der Waals surface area contributed by atoms with Crippen LogP contribution in [0.3, 0.4) is 0 Å². The first kappa shape index (κ1) is 24.3. The van der Waals surface area contributed by atoms with Crippen molar-refractivity contribution >= 4 is 5.97 Å². The van der Waals surface area contributed by atoms with Crippen molar-refractivity contribution in [3.05, 3.63) is 12.7 Å². The molecule has 0 radical (unpaired) electrons. The van der Waals surface area contributed by atoms with Crippen LogP contribution in [0.4, 0.5) is 57.1 Å². The van der Waals surface area contributed by atoms with Crippen LogP contribution in [0.15, 0.2) is 12.7 Å². The maximum atomic E-state index is 13.2. The smallest absolute Gasteiger partial charge is 0.393 e. The maximum Gasteiger partial charge on any atom is 0.473 e. The molecular weight excluding hydrogens is 411 g/mol. The molecule has 0 heterocycles. The van der Waals surface area contributed by atoms with Crippen LogP contribution >= 0.6 is 0 Å². The van der Waals surface area contributed by atoms with Gasteiger partial charge in [-0.3, -0.25) is 0 Å². The third-order valence-electron chi connectivity index (χ3n) is 2.86. The second-order valence-electron chi connectivity index (χ2n) is 4.68. The van der Waals surface area contributed by atoms with E-state index in [9.17, 15) is 61.9 Å². The number of hydrogen-bond donors (Lipinski definition) is 0. The van der Waals surface area contributed by atoms with E-state index < -0.39 is 54.8 Å². The summed E-state index contributed by atoms with van der Waals surface area (Å²) in [6.45, 7) is 1.88. The molecule has 0 fully saturated rings. The zero-order chi connectivity index (χ0) is 21.6. The van der Waals surface area contributed by atoms with Crippen molar-refractivity contribution in [1.29, 1.82) is 0 Å². The molecular formula is C11H7F13O2. The molecule has 0 aliphatic carbocycles. The van der Waals surface area contributed by atoms with Crippen LogP contribution in [0.25, 0.3) is 0 Å². The monoisotopic (exact) mass is 418 g/mol. The average molecular weight is 418 g/mol. The molecule has 0 amide bonds. The topological polar surface area (TPSA) is 26.3 Å². The molecule has 15 heteroatoms. The van der Waals surface area contributed by atoms with Crippen molar-refractivity contribution < 1.29 is 66.6 Å². The van der Waals surface area contributed by atoms with Gasteiger partial charge in [-0.05, 0) is 6.92 Å². The van der Waals surface area contributed by atoms with E-state index in [1.807, 2.05) is 0 Å². The van der Waals surface area contributed by atoms with Crippen LogP contribution in [0, 0.1) is 0 Å². The molecule has 0 saturated carbocycles. The molecule has 0 saturated heterocycles. The van der Waals surface area contributed by atoms with E-state index in [1.165, 1.54) is 0 Å². The molecule has 0 spiro atoms. The minimum Gasteiger partial charge on any atom is -0.393 e. The molecule has 26 heavy (non-hydrogen) atoms. The van der Waals surface area contributed by atoms with Gasteiger partial charge in [0.25, 0.3) is 0 Å². The van der Waals surface area contributed by atoms with Gasteiger partial charge in [0.15, 0.2) is 6.17 Å². The molecule has 2 nitrogen and oxygen atoms in total. The minimum absolute atomic E-state index is 0.312. The third-order valence-corrected chi connectivity index (χ3v) is 2.86. The van der Waals surface area contributed by atoms with Crippen LogP contribution in [0.1, 0.15) is 6.92 Å². The van der Waals surface area contributed by atoms with Gasteiger partial charge in [-0.2, -0.15) is 52.7 Å². The van der Waals surface area contributed by atoms with Gasteiger partial charge in [0.2, 0.25) is 0 Å². The van der Waals surface area contributed by atoms with Gasteiger partial charge in [-0.25, -0.2) is 9.18 Å². The van der Waals surface area contributed by atoms with Gasteiger partial charge in [-0.1, -0.05) is 6.58 Å². The molecule has 0 N–H and O–H groups in total. The second kappa shape index (κ2) is 6.48. The Morgan fingerprint density at radius 1 is 0.808 bits per heavy atom. The average Bonchev–Trinajstić information content (AvgIpc) is 2.45. The van der Waals surface area contributed by atoms with Crippen LogP contribution in [-0.4, -0.2) is 47.9 Å². The summed E-state index contributed by atoms with van der Waals surface area (Å²) in [7, 11) is 0. The first-order chi connectivity index (χ1) is 11.1. The SMILES string of the molecule is C=CC(=O)OC(F)(F)C(F)(F)C(F)(F)C(F)(F)C(F)(F)C(F)(F)C(C)F. The predicted octanol–water partition coefficient (Wildman–Crippen LogP) is 4.84. The Labute approximate surface area is 135 Å². The van der Waals surface area contributed by atoms with Crippen molar-refractivity contribution in [3.63, 3.8) is 0 Å². The number of carbonyl (C=O) groups is 1. The quantitative estimate of drug-likeness (QED) is 0.320. The van der Waals surface area contributed by atoms with Gasteiger partial charge < -0.3 is 4.74 Å². The zero-order valence-electron chi connectivity index (χ0n) is 12.1. The van der Waals surface area contributed by atoms with E-state index in [0.717, 1.165) is 0 Å². The number of alkyl halides is 13. The number of hydrogen-bond acceptors (Lipinski definition) is 2. The summed E-state index contributed by atoms with van der Waals surface area (Å²) >= 11 is 0. The molecule has 1 atom stereocenters. The first-order valence-corrected chi connectivity index (χ1v) is 5.91. The lowest BCUT2D eigenvalue weighted by Gasteiger charge is -2.40. The molecule has 0 rings (SSSR count). The lowest BCUT2D eigenvalue weighted by Crippen LogP contribution is -2.72. The normalized spacial score (nSPS) is 16.2. The van der Waals surface area contributed by atoms with Gasteiger partial charge in [-0.15, -0.1) is 0 Å². The van der Waals surface area contributed by atoms with Crippen LogP contribution in [0.2, 0.25) is 0 Å². The Bertz CT molecular complexity index is 552. The lowest BCUT2D eigenvalue weighted by molar-refractivity contribution is -0.452. The minimum atomic E-state index is -7.94. The van der Waals surface area contributed by atoms with Gasteiger partial charge in [0.1, 0.15) is 0 Å². The molecule has 0 aromatic rings. The number of carbonyl (C=O) groups excluding carboxylic acids is 1. The summed E-state index contributed by atoms with van der Waals surface area (Å²) in [5.74, 6) is -40.3. The predicted molar refractivity (Wildman–Crippen MR) is 56.5 cm³/mol. The Morgan fingerprint density at radius 3 is 1.46 bits per heavy atom. The summed E-state index contributed by atoms with van der Waals surface area (Å²) in [6.07, 6.45) is -11.4. The van der Waals surface area contributed by atoms with Crippen molar-refractivity contribution in [2.45, 2.75) is 48.8 Å². The number of rotatable bonds is 8. The number of halogens is 13. The van der Waals surface area contributed by atoms with E-state index in [1.54, 1.807) is 0 Å². The summed E-state index contributed by atoms with van der Waals surface area (Å²) < 4.78 is 171. The zero-order valence-corrected chi connectivity index (χ0v) is 12.1. The fourth-order valence-electron chi connectivity index (χ4n) is 1.27. The maximum absolute atomic E-state index is 13.2.